The number of nitrogens with zero attached hydrogens (tertiary/aromatic N) is 4. The minimum Gasteiger partial charge on any atom is -0.362 e. The molecule has 0 N–H and O–H groups in total. The molecule has 4 rings (SSSR count). The highest BCUT2D eigenvalue weighted by Gasteiger charge is 2.54. The lowest BCUT2D eigenvalue weighted by Gasteiger charge is -2.20. The molecule has 128 valence electrons. The lowest BCUT2D eigenvalue weighted by Crippen LogP contribution is -2.33. The molecule has 0 bridgehead atoms. The first-order chi connectivity index (χ1) is 12.0. The fraction of sp³-hybridized carbons (Fsp3) is 0.235. The maximum Gasteiger partial charge on any atom is 0.350 e. The molecule has 1 aliphatic rings. The third-order valence-corrected chi connectivity index (χ3v) is 4.52. The van der Waals surface area contributed by atoms with Crippen LogP contribution in [0, 0.1) is 11.6 Å². The molecule has 0 aliphatic carbocycles. The zero-order chi connectivity index (χ0) is 17.6. The summed E-state index contributed by atoms with van der Waals surface area (Å²) in [4.78, 5) is 16.6. The van der Waals surface area contributed by atoms with Crippen LogP contribution >= 0.6 is 0 Å². The van der Waals surface area contributed by atoms with E-state index in [1.165, 1.54) is 27.7 Å². The summed E-state index contributed by atoms with van der Waals surface area (Å²) in [6, 6.07) is 6.13. The monoisotopic (exact) mass is 344 g/mol. The molecule has 0 spiro atoms. The second kappa shape index (κ2) is 5.59. The number of hydrogen-bond donors (Lipinski definition) is 0. The Balaban J connectivity index is 1.74. The summed E-state index contributed by atoms with van der Waals surface area (Å²) in [5.74, 6) is -1.37. The van der Waals surface area contributed by atoms with Gasteiger partial charge in [0.2, 0.25) is 0 Å². The van der Waals surface area contributed by atoms with Gasteiger partial charge in [0, 0.05) is 24.0 Å². The van der Waals surface area contributed by atoms with Crippen molar-refractivity contribution in [2.24, 2.45) is 0 Å². The smallest absolute Gasteiger partial charge is 0.350 e. The molecule has 1 saturated heterocycles. The number of pyridine rings is 1. The quantitative estimate of drug-likeness (QED) is 0.681. The van der Waals surface area contributed by atoms with Crippen molar-refractivity contribution in [1.82, 2.24) is 19.3 Å². The van der Waals surface area contributed by atoms with Crippen molar-refractivity contribution in [2.75, 3.05) is 6.61 Å². The van der Waals surface area contributed by atoms with Crippen molar-refractivity contribution in [1.29, 1.82) is 0 Å². The lowest BCUT2D eigenvalue weighted by atomic mass is 9.92. The third kappa shape index (κ3) is 2.45. The first-order valence-corrected chi connectivity index (χ1v) is 7.69. The van der Waals surface area contributed by atoms with Crippen LogP contribution in [0.2, 0.25) is 0 Å². The second-order valence-corrected chi connectivity index (χ2v) is 5.91. The third-order valence-electron chi connectivity index (χ3n) is 4.52. The van der Waals surface area contributed by atoms with E-state index < -0.39 is 23.3 Å². The zero-order valence-electron chi connectivity index (χ0n) is 13.3. The number of halogens is 2. The molecule has 8 heteroatoms. The predicted octanol–water partition coefficient (Wildman–Crippen LogP) is 2.19. The van der Waals surface area contributed by atoms with Gasteiger partial charge in [-0.25, -0.2) is 22.8 Å². The molecule has 3 heterocycles. The average Bonchev–Trinajstić information content (AvgIpc) is 3.32. The number of ether oxygens (including phenoxy) is 1. The highest BCUT2D eigenvalue weighted by atomic mass is 19.1. The number of benzene rings is 1. The minimum atomic E-state index is -1.03. The Morgan fingerprint density at radius 2 is 1.96 bits per heavy atom. The van der Waals surface area contributed by atoms with Gasteiger partial charge in [-0.15, -0.1) is 0 Å². The molecule has 0 amide bonds. The van der Waals surface area contributed by atoms with Crippen LogP contribution in [0.25, 0.3) is 5.69 Å². The van der Waals surface area contributed by atoms with Crippen molar-refractivity contribution in [3.05, 3.63) is 76.7 Å². The van der Waals surface area contributed by atoms with Crippen LogP contribution in [0.5, 0.6) is 0 Å². The van der Waals surface area contributed by atoms with Gasteiger partial charge in [-0.3, -0.25) is 4.98 Å². The van der Waals surface area contributed by atoms with Gasteiger partial charge in [-0.2, -0.15) is 5.10 Å². The van der Waals surface area contributed by atoms with Crippen molar-refractivity contribution in [3.8, 4) is 5.69 Å². The van der Waals surface area contributed by atoms with Crippen LogP contribution in [-0.4, -0.2) is 25.9 Å². The first-order valence-electron chi connectivity index (χ1n) is 7.69. The number of epoxide rings is 1. The van der Waals surface area contributed by atoms with E-state index in [1.807, 2.05) is 0 Å². The van der Waals surface area contributed by atoms with Gasteiger partial charge >= 0.3 is 5.69 Å². The topological polar surface area (TPSA) is 65.2 Å². The highest BCUT2D eigenvalue weighted by molar-refractivity contribution is 5.31. The van der Waals surface area contributed by atoms with Crippen LogP contribution < -0.4 is 5.69 Å². The summed E-state index contributed by atoms with van der Waals surface area (Å²) >= 11 is 0. The van der Waals surface area contributed by atoms with Crippen LogP contribution in [0.1, 0.15) is 18.5 Å². The maximum atomic E-state index is 14.2. The Morgan fingerprint density at radius 1 is 1.24 bits per heavy atom. The Labute approximate surface area is 141 Å². The molecule has 0 radical (unpaired) electrons. The van der Waals surface area contributed by atoms with E-state index in [1.54, 1.807) is 31.5 Å². The van der Waals surface area contributed by atoms with E-state index in [-0.39, 0.29) is 17.9 Å². The summed E-state index contributed by atoms with van der Waals surface area (Å²) in [7, 11) is 0. The van der Waals surface area contributed by atoms with Crippen molar-refractivity contribution < 1.29 is 13.5 Å². The SMILES string of the molecule is C[C@@H](n1ncn(-c2ccncc2)c1=O)[C@@]1(c2ccc(F)cc2F)CO1. The van der Waals surface area contributed by atoms with Gasteiger partial charge < -0.3 is 4.74 Å². The summed E-state index contributed by atoms with van der Waals surface area (Å²) in [5, 5.41) is 4.14. The van der Waals surface area contributed by atoms with Crippen LogP contribution in [0.15, 0.2) is 53.8 Å². The molecule has 0 unspecified atom stereocenters. The fourth-order valence-electron chi connectivity index (χ4n) is 2.99. The van der Waals surface area contributed by atoms with Gasteiger partial charge in [0.05, 0.1) is 18.3 Å². The Hall–Kier alpha value is -2.87. The molecule has 0 saturated carbocycles. The summed E-state index contributed by atoms with van der Waals surface area (Å²) in [5.41, 5.74) is -0.570. The minimum absolute atomic E-state index is 0.215. The molecule has 2 aromatic heterocycles. The van der Waals surface area contributed by atoms with E-state index in [2.05, 4.69) is 10.1 Å². The van der Waals surface area contributed by atoms with Crippen LogP contribution in [-0.2, 0) is 10.3 Å². The van der Waals surface area contributed by atoms with Gasteiger partial charge in [0.15, 0.2) is 0 Å². The summed E-state index contributed by atoms with van der Waals surface area (Å²) < 4.78 is 35.5. The lowest BCUT2D eigenvalue weighted by molar-refractivity contribution is 0.211. The maximum absolute atomic E-state index is 14.2. The van der Waals surface area contributed by atoms with Crippen LogP contribution in [0.3, 0.4) is 0 Å². The summed E-state index contributed by atoms with van der Waals surface area (Å²) in [6.45, 7) is 1.95. The highest BCUT2D eigenvalue weighted by Crippen LogP contribution is 2.48. The molecule has 1 fully saturated rings. The number of rotatable bonds is 4. The van der Waals surface area contributed by atoms with E-state index in [0.29, 0.717) is 5.69 Å². The predicted molar refractivity (Wildman–Crippen MR) is 84.3 cm³/mol. The van der Waals surface area contributed by atoms with E-state index >= 15 is 0 Å². The molecule has 6 nitrogen and oxygen atoms in total. The molecule has 1 aromatic carbocycles. The second-order valence-electron chi connectivity index (χ2n) is 5.91. The van der Waals surface area contributed by atoms with Gasteiger partial charge in [-0.05, 0) is 25.1 Å². The van der Waals surface area contributed by atoms with E-state index in [0.717, 1.165) is 6.07 Å². The molecular formula is C17H14F2N4O2. The molecule has 25 heavy (non-hydrogen) atoms. The Bertz CT molecular complexity index is 980. The zero-order valence-corrected chi connectivity index (χ0v) is 13.3. The average molecular weight is 344 g/mol. The van der Waals surface area contributed by atoms with Gasteiger partial charge in [0.1, 0.15) is 23.6 Å². The summed E-state index contributed by atoms with van der Waals surface area (Å²) in [6.07, 6.45) is 4.54. The molecule has 1 aliphatic heterocycles. The number of hydrogen-bond acceptors (Lipinski definition) is 4. The van der Waals surface area contributed by atoms with E-state index in [9.17, 15) is 13.6 Å². The largest absolute Gasteiger partial charge is 0.362 e. The number of aromatic nitrogens is 4. The van der Waals surface area contributed by atoms with E-state index in [4.69, 9.17) is 4.74 Å². The van der Waals surface area contributed by atoms with Gasteiger partial charge in [0.25, 0.3) is 0 Å². The van der Waals surface area contributed by atoms with Crippen LogP contribution in [0.4, 0.5) is 8.78 Å². The fourth-order valence-corrected chi connectivity index (χ4v) is 2.99. The Morgan fingerprint density at radius 3 is 2.60 bits per heavy atom. The van der Waals surface area contributed by atoms with Gasteiger partial charge in [-0.1, -0.05) is 6.07 Å². The molecular weight excluding hydrogens is 330 g/mol. The van der Waals surface area contributed by atoms with Crippen molar-refractivity contribution in [2.45, 2.75) is 18.6 Å². The van der Waals surface area contributed by atoms with Crippen molar-refractivity contribution in [3.63, 3.8) is 0 Å². The molecule has 2 atom stereocenters. The van der Waals surface area contributed by atoms with Crippen molar-refractivity contribution >= 4 is 0 Å². The first kappa shape index (κ1) is 15.6. The Kier molecular flexibility index (Phi) is 3.50. The molecule has 3 aromatic rings. The normalized spacial score (nSPS) is 20.4. The standard InChI is InChI=1S/C17H14F2N4O2/c1-11(17(9-25-17)14-3-2-12(18)8-15(14)19)23-16(24)22(10-21-23)13-4-6-20-7-5-13/h2-8,10-11H,9H2,1H3/t11-,17-/m1/s1.